The van der Waals surface area contributed by atoms with Crippen LogP contribution in [0, 0.1) is 34.5 Å². The Bertz CT molecular complexity index is 535. The average Bonchev–Trinajstić information content (AvgIpc) is 2.40. The van der Waals surface area contributed by atoms with E-state index in [1.165, 1.54) is 6.92 Å². The molecule has 0 aromatic carbocycles. The van der Waals surface area contributed by atoms with E-state index < -0.39 is 17.5 Å². The van der Waals surface area contributed by atoms with Crippen molar-refractivity contribution in [1.29, 1.82) is 0 Å². The second kappa shape index (κ2) is 4.17. The van der Waals surface area contributed by atoms with E-state index in [0.717, 1.165) is 0 Å². The molecule has 4 nitrogen and oxygen atoms in total. The molecule has 4 fully saturated rings. The van der Waals surface area contributed by atoms with E-state index in [1.807, 2.05) is 13.8 Å². The minimum Gasteiger partial charge on any atom is -0.454 e. The van der Waals surface area contributed by atoms with E-state index in [9.17, 15) is 14.4 Å². The Balaban J connectivity index is 2.07. The molecule has 0 N–H and O–H groups in total. The first-order valence-electron chi connectivity index (χ1n) is 7.83. The largest absolute Gasteiger partial charge is 0.454 e. The van der Waals surface area contributed by atoms with Crippen molar-refractivity contribution in [2.45, 2.75) is 53.6 Å². The van der Waals surface area contributed by atoms with Gasteiger partial charge in [0.25, 0.3) is 0 Å². The molecular weight excluding hydrogens is 268 g/mol. The Morgan fingerprint density at radius 1 is 1.14 bits per heavy atom. The van der Waals surface area contributed by atoms with Crippen LogP contribution in [0.4, 0.5) is 0 Å². The van der Waals surface area contributed by atoms with Crippen molar-refractivity contribution < 1.29 is 19.1 Å². The summed E-state index contributed by atoms with van der Waals surface area (Å²) in [6.07, 6.45) is 0.271. The summed E-state index contributed by atoms with van der Waals surface area (Å²) in [5, 5.41) is 0. The highest BCUT2D eigenvalue weighted by molar-refractivity contribution is 5.92. The molecule has 0 saturated heterocycles. The van der Waals surface area contributed by atoms with Gasteiger partial charge in [-0.1, -0.05) is 27.7 Å². The molecule has 21 heavy (non-hydrogen) atoms. The van der Waals surface area contributed by atoms with E-state index in [4.69, 9.17) is 4.74 Å². The molecule has 0 amide bonds. The van der Waals surface area contributed by atoms with E-state index in [-0.39, 0.29) is 23.0 Å². The fourth-order valence-corrected chi connectivity index (χ4v) is 5.82. The molecule has 0 radical (unpaired) electrons. The lowest BCUT2D eigenvalue weighted by atomic mass is 9.35. The molecular formula is C17H24O4. The lowest BCUT2D eigenvalue weighted by Gasteiger charge is -2.67. The minimum atomic E-state index is -0.715. The maximum Gasteiger partial charge on any atom is 0.303 e. The van der Waals surface area contributed by atoms with Gasteiger partial charge in [-0.25, -0.2) is 0 Å². The van der Waals surface area contributed by atoms with Gasteiger partial charge in [0.1, 0.15) is 5.78 Å². The maximum absolute atomic E-state index is 12.7. The van der Waals surface area contributed by atoms with Crippen LogP contribution in [0.1, 0.15) is 47.5 Å². The SMILES string of the molecule is CC(=O)O[C@@H]1C(=O)C[C@]2(C)[C@@H]3[C@@H]([C@H]2C(=O)C[C@H]3C)C1(C)C. The molecule has 4 rings (SSSR count). The van der Waals surface area contributed by atoms with Crippen LogP contribution in [0.2, 0.25) is 0 Å². The summed E-state index contributed by atoms with van der Waals surface area (Å²) < 4.78 is 5.38. The second-order valence-corrected chi connectivity index (χ2v) is 8.14. The number of Topliss-reactive ketones (excluding diaryl/α,β-unsaturated/α-hetero) is 2. The highest BCUT2D eigenvalue weighted by Gasteiger charge is 2.73. The van der Waals surface area contributed by atoms with Gasteiger partial charge in [-0.05, 0) is 23.2 Å². The van der Waals surface area contributed by atoms with Crippen LogP contribution in [0.15, 0.2) is 0 Å². The molecule has 4 saturated carbocycles. The number of fused-ring (bicyclic) bond motifs is 3. The highest BCUT2D eigenvalue weighted by Crippen LogP contribution is 2.72. The van der Waals surface area contributed by atoms with Crippen LogP contribution in [-0.4, -0.2) is 23.6 Å². The Morgan fingerprint density at radius 3 is 2.29 bits per heavy atom. The van der Waals surface area contributed by atoms with E-state index in [1.54, 1.807) is 0 Å². The van der Waals surface area contributed by atoms with Gasteiger partial charge < -0.3 is 4.74 Å². The molecule has 4 aliphatic carbocycles. The monoisotopic (exact) mass is 292 g/mol. The molecule has 6 atom stereocenters. The number of carbonyl (C=O) groups is 3. The van der Waals surface area contributed by atoms with Gasteiger partial charge in [0.15, 0.2) is 11.9 Å². The second-order valence-electron chi connectivity index (χ2n) is 8.14. The molecule has 0 spiro atoms. The van der Waals surface area contributed by atoms with Gasteiger partial charge in [-0.3, -0.25) is 14.4 Å². The third kappa shape index (κ3) is 1.71. The molecule has 4 heteroatoms. The van der Waals surface area contributed by atoms with Crippen molar-refractivity contribution in [3.8, 4) is 0 Å². The Morgan fingerprint density at radius 2 is 1.76 bits per heavy atom. The lowest BCUT2D eigenvalue weighted by molar-refractivity contribution is -0.212. The molecule has 0 aromatic rings. The van der Waals surface area contributed by atoms with Crippen molar-refractivity contribution in [2.75, 3.05) is 0 Å². The van der Waals surface area contributed by atoms with E-state index >= 15 is 0 Å². The summed E-state index contributed by atoms with van der Waals surface area (Å²) in [4.78, 5) is 36.6. The Labute approximate surface area is 125 Å². The van der Waals surface area contributed by atoms with Crippen LogP contribution in [0.25, 0.3) is 0 Å². The number of esters is 1. The Hall–Kier alpha value is -1.19. The van der Waals surface area contributed by atoms with Crippen LogP contribution in [-0.2, 0) is 19.1 Å². The molecule has 0 unspecified atom stereocenters. The number of hydrogen-bond donors (Lipinski definition) is 0. The summed E-state index contributed by atoms with van der Waals surface area (Å²) in [6, 6.07) is 0. The fraction of sp³-hybridized carbons (Fsp3) is 0.824. The average molecular weight is 292 g/mol. The zero-order valence-corrected chi connectivity index (χ0v) is 13.4. The molecule has 4 aliphatic rings. The standard InChI is InChI=1S/C17H24O4/c1-8-6-10(19)13-14-12(8)17(13,5)7-11(20)15(16(14,3)4)21-9(2)18/h8,12-15H,6-7H2,1-5H3/t8-,12+,13-,14+,15-,17-/m1/s1. The first kappa shape index (κ1) is 14.7. The number of ketones is 2. The van der Waals surface area contributed by atoms with Crippen LogP contribution >= 0.6 is 0 Å². The first-order valence-corrected chi connectivity index (χ1v) is 7.83. The van der Waals surface area contributed by atoms with Crippen molar-refractivity contribution in [3.63, 3.8) is 0 Å². The Kier molecular flexibility index (Phi) is 2.93. The molecule has 0 aliphatic heterocycles. The van der Waals surface area contributed by atoms with Gasteiger partial charge in [0, 0.05) is 31.1 Å². The summed E-state index contributed by atoms with van der Waals surface area (Å²) >= 11 is 0. The lowest BCUT2D eigenvalue weighted by Crippen LogP contribution is -2.67. The van der Waals surface area contributed by atoms with Crippen molar-refractivity contribution in [1.82, 2.24) is 0 Å². The van der Waals surface area contributed by atoms with Crippen LogP contribution in [0.3, 0.4) is 0 Å². The predicted molar refractivity (Wildman–Crippen MR) is 76.3 cm³/mol. The summed E-state index contributed by atoms with van der Waals surface area (Å²) in [6.45, 7) is 9.51. The number of carbonyl (C=O) groups excluding carboxylic acids is 3. The normalized spacial score (nSPS) is 47.4. The van der Waals surface area contributed by atoms with Gasteiger partial charge in [-0.15, -0.1) is 0 Å². The summed E-state index contributed by atoms with van der Waals surface area (Å²) in [5.41, 5.74) is -0.707. The molecule has 4 bridgehead atoms. The van der Waals surface area contributed by atoms with Gasteiger partial charge >= 0.3 is 5.97 Å². The van der Waals surface area contributed by atoms with Crippen LogP contribution in [0.5, 0.6) is 0 Å². The fourth-order valence-electron chi connectivity index (χ4n) is 5.82. The smallest absolute Gasteiger partial charge is 0.303 e. The number of rotatable bonds is 1. The minimum absolute atomic E-state index is 0.0189. The van der Waals surface area contributed by atoms with Gasteiger partial charge in [0.05, 0.1) is 0 Å². The summed E-state index contributed by atoms with van der Waals surface area (Å²) in [7, 11) is 0. The van der Waals surface area contributed by atoms with Crippen molar-refractivity contribution in [2.24, 2.45) is 34.5 Å². The zero-order valence-electron chi connectivity index (χ0n) is 13.4. The van der Waals surface area contributed by atoms with Gasteiger partial charge in [0.2, 0.25) is 0 Å². The van der Waals surface area contributed by atoms with Gasteiger partial charge in [-0.2, -0.15) is 0 Å². The molecule has 0 aromatic heterocycles. The third-order valence-electron chi connectivity index (χ3n) is 6.37. The van der Waals surface area contributed by atoms with Crippen LogP contribution < -0.4 is 0 Å². The first-order chi connectivity index (χ1) is 9.60. The van der Waals surface area contributed by atoms with E-state index in [0.29, 0.717) is 30.5 Å². The number of hydrogen-bond acceptors (Lipinski definition) is 4. The molecule has 116 valence electrons. The summed E-state index contributed by atoms with van der Waals surface area (Å²) in [5.74, 6) is 0.639. The topological polar surface area (TPSA) is 60.4 Å². The molecule has 0 heterocycles. The number of ether oxygens (including phenoxy) is 1. The van der Waals surface area contributed by atoms with Crippen molar-refractivity contribution in [3.05, 3.63) is 0 Å². The predicted octanol–water partition coefficient (Wildman–Crippen LogP) is 2.39. The van der Waals surface area contributed by atoms with Crippen molar-refractivity contribution >= 4 is 17.5 Å². The highest BCUT2D eigenvalue weighted by atomic mass is 16.5. The zero-order chi connectivity index (χ0) is 15.7. The quantitative estimate of drug-likeness (QED) is 0.696. The van der Waals surface area contributed by atoms with E-state index in [2.05, 4.69) is 13.8 Å². The maximum atomic E-state index is 12.7. The third-order valence-corrected chi connectivity index (χ3v) is 6.37.